The molecule has 134 valence electrons. The normalized spacial score (nSPS) is 26.1. The molecule has 23 heavy (non-hydrogen) atoms. The second kappa shape index (κ2) is 7.34. The molecule has 7 heteroatoms. The average Bonchev–Trinajstić information content (AvgIpc) is 2.44. The van der Waals surface area contributed by atoms with Gasteiger partial charge in [-0.2, -0.15) is 0 Å². The number of rotatable bonds is 3. The number of ether oxygens (including phenoxy) is 4. The summed E-state index contributed by atoms with van der Waals surface area (Å²) in [6.45, 7) is 12.8. The Bertz CT molecular complexity index is 398. The molecule has 1 atom stereocenters. The molecular weight excluding hydrogens is 300 g/mol. The maximum atomic E-state index is 12.3. The molecule has 1 N–H and O–H groups in total. The number of morpholine rings is 1. The second-order valence-corrected chi connectivity index (χ2v) is 7.53. The molecule has 2 aliphatic rings. The lowest BCUT2D eigenvalue weighted by Crippen LogP contribution is -2.57. The molecule has 0 aromatic rings. The van der Waals surface area contributed by atoms with Crippen LogP contribution in [0.2, 0.25) is 0 Å². The summed E-state index contributed by atoms with van der Waals surface area (Å²) in [5.41, 5.74) is -0.496. The largest absolute Gasteiger partial charge is 0.444 e. The van der Waals surface area contributed by atoms with E-state index in [0.29, 0.717) is 39.5 Å². The van der Waals surface area contributed by atoms with Crippen LogP contribution in [0.1, 0.15) is 34.6 Å². The summed E-state index contributed by atoms with van der Waals surface area (Å²) in [5, 5.41) is 3.40. The van der Waals surface area contributed by atoms with Gasteiger partial charge in [-0.05, 0) is 34.6 Å². The zero-order chi connectivity index (χ0) is 17.1. The van der Waals surface area contributed by atoms with Gasteiger partial charge in [-0.15, -0.1) is 0 Å². The van der Waals surface area contributed by atoms with E-state index in [2.05, 4.69) is 5.32 Å². The highest BCUT2D eigenvalue weighted by atomic mass is 16.7. The Morgan fingerprint density at radius 1 is 1.26 bits per heavy atom. The molecule has 0 aliphatic carbocycles. The van der Waals surface area contributed by atoms with Crippen LogP contribution in [-0.4, -0.2) is 74.0 Å². The number of amides is 1. The molecule has 2 fully saturated rings. The van der Waals surface area contributed by atoms with Crippen LogP contribution in [-0.2, 0) is 18.9 Å². The van der Waals surface area contributed by atoms with Crippen LogP contribution < -0.4 is 5.32 Å². The number of carbonyl (C=O) groups is 1. The first-order valence-corrected chi connectivity index (χ1v) is 8.25. The van der Waals surface area contributed by atoms with Crippen molar-refractivity contribution in [2.24, 2.45) is 0 Å². The Labute approximate surface area is 138 Å². The Morgan fingerprint density at radius 3 is 2.52 bits per heavy atom. The van der Waals surface area contributed by atoms with Crippen LogP contribution in [0.25, 0.3) is 0 Å². The zero-order valence-corrected chi connectivity index (χ0v) is 14.9. The van der Waals surface area contributed by atoms with Gasteiger partial charge in [0.1, 0.15) is 5.60 Å². The van der Waals surface area contributed by atoms with Crippen LogP contribution >= 0.6 is 0 Å². The van der Waals surface area contributed by atoms with Gasteiger partial charge in [-0.3, -0.25) is 4.90 Å². The number of nitrogens with one attached hydrogen (secondary N) is 1. The third-order valence-electron chi connectivity index (χ3n) is 3.76. The molecule has 0 aromatic carbocycles. The molecular formula is C16H30N2O5. The first-order chi connectivity index (χ1) is 10.7. The van der Waals surface area contributed by atoms with E-state index in [4.69, 9.17) is 18.9 Å². The van der Waals surface area contributed by atoms with Crippen molar-refractivity contribution >= 4 is 6.09 Å². The molecule has 7 nitrogen and oxygen atoms in total. The van der Waals surface area contributed by atoms with Crippen molar-refractivity contribution < 1.29 is 23.7 Å². The van der Waals surface area contributed by atoms with E-state index in [1.165, 1.54) is 0 Å². The number of hydrogen-bond acceptors (Lipinski definition) is 6. The summed E-state index contributed by atoms with van der Waals surface area (Å²) < 4.78 is 22.3. The third-order valence-corrected chi connectivity index (χ3v) is 3.76. The summed E-state index contributed by atoms with van der Waals surface area (Å²) in [6, 6.07) is 0.0685. The van der Waals surface area contributed by atoms with Crippen LogP contribution in [0.4, 0.5) is 4.79 Å². The summed E-state index contributed by atoms with van der Waals surface area (Å²) >= 11 is 0. The highest BCUT2D eigenvalue weighted by Gasteiger charge is 2.33. The lowest BCUT2D eigenvalue weighted by Gasteiger charge is -2.39. The Morgan fingerprint density at radius 2 is 1.91 bits per heavy atom. The van der Waals surface area contributed by atoms with Gasteiger partial charge in [-0.25, -0.2) is 4.79 Å². The molecule has 1 unspecified atom stereocenters. The van der Waals surface area contributed by atoms with E-state index < -0.39 is 11.4 Å². The summed E-state index contributed by atoms with van der Waals surface area (Å²) in [4.78, 5) is 14.1. The Balaban J connectivity index is 1.83. The van der Waals surface area contributed by atoms with Crippen LogP contribution in [0.5, 0.6) is 0 Å². The van der Waals surface area contributed by atoms with Gasteiger partial charge < -0.3 is 24.3 Å². The molecule has 0 aromatic heterocycles. The molecule has 0 saturated carbocycles. The fourth-order valence-electron chi connectivity index (χ4n) is 2.50. The smallest absolute Gasteiger partial charge is 0.410 e. The van der Waals surface area contributed by atoms with Crippen molar-refractivity contribution in [1.29, 1.82) is 0 Å². The topological polar surface area (TPSA) is 69.3 Å². The number of hydrogen-bond donors (Lipinski definition) is 1. The molecule has 0 spiro atoms. The average molecular weight is 330 g/mol. The molecule has 2 saturated heterocycles. The fraction of sp³-hybridized carbons (Fsp3) is 0.938. The van der Waals surface area contributed by atoms with Gasteiger partial charge in [0.05, 0.1) is 38.5 Å². The number of carbonyl (C=O) groups excluding carboxylic acids is 1. The van der Waals surface area contributed by atoms with Gasteiger partial charge in [0.25, 0.3) is 0 Å². The van der Waals surface area contributed by atoms with Gasteiger partial charge in [0.15, 0.2) is 5.79 Å². The first-order valence-electron chi connectivity index (χ1n) is 8.25. The van der Waals surface area contributed by atoms with Crippen molar-refractivity contribution in [3.8, 4) is 0 Å². The minimum Gasteiger partial charge on any atom is -0.444 e. The molecule has 1 amide bonds. The quantitative estimate of drug-likeness (QED) is 0.843. The maximum Gasteiger partial charge on any atom is 0.410 e. The van der Waals surface area contributed by atoms with Crippen LogP contribution in [0, 0.1) is 0 Å². The number of nitrogens with zero attached hydrogens (tertiary/aromatic N) is 1. The van der Waals surface area contributed by atoms with Gasteiger partial charge in [-0.1, -0.05) is 0 Å². The molecule has 0 bridgehead atoms. The standard InChI is InChI=1S/C16H30N2O5/c1-15(2,3)23-14(19)18-6-7-20-11-13(18)8-17-12-9-21-16(4,5)22-10-12/h12-13,17H,6-11H2,1-5H3. The van der Waals surface area contributed by atoms with Crippen LogP contribution in [0.3, 0.4) is 0 Å². The van der Waals surface area contributed by atoms with E-state index in [-0.39, 0.29) is 18.2 Å². The lowest BCUT2D eigenvalue weighted by atomic mass is 10.2. The van der Waals surface area contributed by atoms with E-state index in [1.54, 1.807) is 4.90 Å². The second-order valence-electron chi connectivity index (χ2n) is 7.53. The van der Waals surface area contributed by atoms with E-state index in [9.17, 15) is 4.79 Å². The summed E-state index contributed by atoms with van der Waals surface area (Å²) in [6.07, 6.45) is -0.287. The predicted molar refractivity (Wildman–Crippen MR) is 85.3 cm³/mol. The molecule has 2 rings (SSSR count). The fourth-order valence-corrected chi connectivity index (χ4v) is 2.50. The van der Waals surface area contributed by atoms with Gasteiger partial charge >= 0.3 is 6.09 Å². The zero-order valence-electron chi connectivity index (χ0n) is 14.9. The minimum absolute atomic E-state index is 0.0477. The van der Waals surface area contributed by atoms with Gasteiger partial charge in [0, 0.05) is 13.1 Å². The van der Waals surface area contributed by atoms with Gasteiger partial charge in [0.2, 0.25) is 0 Å². The maximum absolute atomic E-state index is 12.3. The van der Waals surface area contributed by atoms with E-state index >= 15 is 0 Å². The van der Waals surface area contributed by atoms with E-state index in [1.807, 2.05) is 34.6 Å². The molecule has 0 radical (unpaired) electrons. The summed E-state index contributed by atoms with van der Waals surface area (Å²) in [7, 11) is 0. The van der Waals surface area contributed by atoms with E-state index in [0.717, 1.165) is 0 Å². The predicted octanol–water partition coefficient (Wildman–Crippen LogP) is 1.36. The van der Waals surface area contributed by atoms with Crippen LogP contribution in [0.15, 0.2) is 0 Å². The monoisotopic (exact) mass is 330 g/mol. The minimum atomic E-state index is -0.519. The van der Waals surface area contributed by atoms with Crippen molar-refractivity contribution in [3.63, 3.8) is 0 Å². The van der Waals surface area contributed by atoms with Crippen molar-refractivity contribution in [2.45, 2.75) is 58.1 Å². The lowest BCUT2D eigenvalue weighted by molar-refractivity contribution is -0.253. The molecule has 2 heterocycles. The van der Waals surface area contributed by atoms with Crippen molar-refractivity contribution in [1.82, 2.24) is 10.2 Å². The molecule has 2 aliphatic heterocycles. The van der Waals surface area contributed by atoms with Crippen molar-refractivity contribution in [3.05, 3.63) is 0 Å². The SMILES string of the molecule is CC(C)(C)OC(=O)N1CCOCC1CNC1COC(C)(C)OC1. The Kier molecular flexibility index (Phi) is 5.89. The summed E-state index contributed by atoms with van der Waals surface area (Å²) in [5.74, 6) is -0.519. The Hall–Kier alpha value is -0.890. The first kappa shape index (κ1) is 18.4. The van der Waals surface area contributed by atoms with Crippen molar-refractivity contribution in [2.75, 3.05) is 39.5 Å². The third kappa shape index (κ3) is 5.91. The highest BCUT2D eigenvalue weighted by molar-refractivity contribution is 5.68. The highest BCUT2D eigenvalue weighted by Crippen LogP contribution is 2.18.